The van der Waals surface area contributed by atoms with E-state index >= 15 is 0 Å². The fourth-order valence-corrected chi connectivity index (χ4v) is 0.831. The van der Waals surface area contributed by atoms with E-state index in [0.29, 0.717) is 0 Å². The van der Waals surface area contributed by atoms with Gasteiger partial charge in [0.25, 0.3) is 0 Å². The molecule has 0 fully saturated rings. The standard InChI is InChI=1S/C9H6F2O2/c10-8-2-1-3-9(11)7(8)4-6(13)5-12/h1-5,13H/b6-4+. The number of aliphatic hydroxyl groups is 1. The maximum absolute atomic E-state index is 12.8. The minimum absolute atomic E-state index is 0.103. The lowest BCUT2D eigenvalue weighted by Gasteiger charge is -1.97. The number of carbonyl (C=O) groups excluding carboxylic acids is 1. The lowest BCUT2D eigenvalue weighted by molar-refractivity contribution is -0.106. The second-order valence-electron chi connectivity index (χ2n) is 2.32. The number of hydrogen-bond donors (Lipinski definition) is 1. The Balaban J connectivity index is 3.21. The van der Waals surface area contributed by atoms with E-state index in [1.165, 1.54) is 6.07 Å². The van der Waals surface area contributed by atoms with Gasteiger partial charge >= 0.3 is 0 Å². The lowest BCUT2D eigenvalue weighted by atomic mass is 10.2. The van der Waals surface area contributed by atoms with Crippen molar-refractivity contribution in [2.45, 2.75) is 0 Å². The number of benzene rings is 1. The first-order valence-electron chi connectivity index (χ1n) is 3.45. The first-order chi connectivity index (χ1) is 6.15. The molecule has 1 rings (SSSR count). The SMILES string of the molecule is O=C/C(O)=C\c1c(F)cccc1F. The van der Waals surface area contributed by atoms with Crippen molar-refractivity contribution in [2.75, 3.05) is 0 Å². The molecule has 0 aromatic heterocycles. The van der Waals surface area contributed by atoms with Gasteiger partial charge in [-0.05, 0) is 18.2 Å². The van der Waals surface area contributed by atoms with Gasteiger partial charge in [0, 0.05) is 5.56 Å². The third-order valence-corrected chi connectivity index (χ3v) is 1.41. The van der Waals surface area contributed by atoms with E-state index in [1.54, 1.807) is 0 Å². The monoisotopic (exact) mass is 184 g/mol. The molecule has 1 N–H and O–H groups in total. The van der Waals surface area contributed by atoms with E-state index < -0.39 is 23.0 Å². The first-order valence-corrected chi connectivity index (χ1v) is 3.45. The van der Waals surface area contributed by atoms with Crippen molar-refractivity contribution >= 4 is 12.4 Å². The summed E-state index contributed by atoms with van der Waals surface area (Å²) in [5.41, 5.74) is -0.424. The number of hydrogen-bond acceptors (Lipinski definition) is 2. The lowest BCUT2D eigenvalue weighted by Crippen LogP contribution is -1.90. The van der Waals surface area contributed by atoms with Gasteiger partial charge in [-0.2, -0.15) is 0 Å². The van der Waals surface area contributed by atoms with Crippen molar-refractivity contribution in [3.05, 3.63) is 41.2 Å². The van der Waals surface area contributed by atoms with Gasteiger partial charge in [-0.15, -0.1) is 0 Å². The Labute approximate surface area is 73.1 Å². The number of halogens is 2. The zero-order chi connectivity index (χ0) is 9.84. The van der Waals surface area contributed by atoms with E-state index in [2.05, 4.69) is 0 Å². The number of aldehydes is 1. The number of rotatable bonds is 2. The Morgan fingerprint density at radius 1 is 1.31 bits per heavy atom. The van der Waals surface area contributed by atoms with Gasteiger partial charge in [-0.1, -0.05) is 6.07 Å². The van der Waals surface area contributed by atoms with Crippen LogP contribution in [0.25, 0.3) is 6.08 Å². The maximum Gasteiger partial charge on any atom is 0.184 e. The molecule has 0 radical (unpaired) electrons. The Morgan fingerprint density at radius 3 is 2.31 bits per heavy atom. The molecule has 2 nitrogen and oxygen atoms in total. The third-order valence-electron chi connectivity index (χ3n) is 1.41. The normalized spacial score (nSPS) is 11.4. The molecular formula is C9H6F2O2. The summed E-state index contributed by atoms with van der Waals surface area (Å²) in [6, 6.07) is 3.26. The van der Waals surface area contributed by atoms with Gasteiger partial charge in [0.15, 0.2) is 12.0 Å². The van der Waals surface area contributed by atoms with Crippen LogP contribution in [0.15, 0.2) is 24.0 Å². The van der Waals surface area contributed by atoms with Crippen molar-refractivity contribution in [3.8, 4) is 0 Å². The van der Waals surface area contributed by atoms with Crippen LogP contribution in [0.3, 0.4) is 0 Å². The van der Waals surface area contributed by atoms with Crippen LogP contribution in [0.1, 0.15) is 5.56 Å². The quantitative estimate of drug-likeness (QED) is 0.434. The Hall–Kier alpha value is -1.71. The van der Waals surface area contributed by atoms with Crippen LogP contribution < -0.4 is 0 Å². The van der Waals surface area contributed by atoms with Gasteiger partial charge in [0.1, 0.15) is 11.6 Å². The summed E-state index contributed by atoms with van der Waals surface area (Å²) in [4.78, 5) is 9.97. The molecule has 0 heterocycles. The van der Waals surface area contributed by atoms with E-state index in [9.17, 15) is 13.6 Å². The van der Waals surface area contributed by atoms with Crippen LogP contribution in [0.2, 0.25) is 0 Å². The zero-order valence-electron chi connectivity index (χ0n) is 6.50. The van der Waals surface area contributed by atoms with E-state index in [0.717, 1.165) is 18.2 Å². The van der Waals surface area contributed by atoms with Crippen molar-refractivity contribution in [2.24, 2.45) is 0 Å². The molecule has 0 bridgehead atoms. The minimum Gasteiger partial charge on any atom is -0.505 e. The fraction of sp³-hybridized carbons (Fsp3) is 0. The molecule has 0 aliphatic heterocycles. The van der Waals surface area contributed by atoms with Crippen LogP contribution in [-0.4, -0.2) is 11.4 Å². The number of aliphatic hydroxyl groups excluding tert-OH is 1. The van der Waals surface area contributed by atoms with Crippen LogP contribution in [0.4, 0.5) is 8.78 Å². The highest BCUT2D eigenvalue weighted by atomic mass is 19.1. The van der Waals surface area contributed by atoms with E-state index in [4.69, 9.17) is 5.11 Å². The van der Waals surface area contributed by atoms with Crippen LogP contribution in [-0.2, 0) is 4.79 Å². The zero-order valence-corrected chi connectivity index (χ0v) is 6.50. The van der Waals surface area contributed by atoms with Crippen molar-refractivity contribution in [1.82, 2.24) is 0 Å². The Morgan fingerprint density at radius 2 is 1.85 bits per heavy atom. The molecule has 0 aliphatic carbocycles. The molecule has 0 saturated heterocycles. The van der Waals surface area contributed by atoms with Crippen LogP contribution in [0.5, 0.6) is 0 Å². The second kappa shape index (κ2) is 3.80. The summed E-state index contributed by atoms with van der Waals surface area (Å²) >= 11 is 0. The molecule has 0 amide bonds. The third kappa shape index (κ3) is 2.11. The number of carbonyl (C=O) groups is 1. The van der Waals surface area contributed by atoms with E-state index in [1.807, 2.05) is 0 Å². The fourth-order valence-electron chi connectivity index (χ4n) is 0.831. The maximum atomic E-state index is 12.8. The summed E-state index contributed by atoms with van der Waals surface area (Å²) in [6.45, 7) is 0. The molecule has 0 unspecified atom stereocenters. The molecule has 0 atom stereocenters. The summed E-state index contributed by atoms with van der Waals surface area (Å²) in [5.74, 6) is -2.37. The van der Waals surface area contributed by atoms with Crippen molar-refractivity contribution in [3.63, 3.8) is 0 Å². The second-order valence-corrected chi connectivity index (χ2v) is 2.32. The largest absolute Gasteiger partial charge is 0.505 e. The number of allylic oxidation sites excluding steroid dienone is 1. The summed E-state index contributed by atoms with van der Waals surface area (Å²) in [5, 5.41) is 8.72. The molecule has 68 valence electrons. The van der Waals surface area contributed by atoms with Gasteiger partial charge in [-0.3, -0.25) is 4.79 Å². The highest BCUT2D eigenvalue weighted by molar-refractivity contribution is 5.78. The Bertz CT molecular complexity index is 338. The van der Waals surface area contributed by atoms with Crippen LogP contribution in [0, 0.1) is 11.6 Å². The predicted octanol–water partition coefficient (Wildman–Crippen LogP) is 2.06. The summed E-state index contributed by atoms with van der Waals surface area (Å²) in [7, 11) is 0. The average molecular weight is 184 g/mol. The van der Waals surface area contributed by atoms with Gasteiger partial charge in [0.05, 0.1) is 0 Å². The van der Waals surface area contributed by atoms with Crippen LogP contribution >= 0.6 is 0 Å². The molecule has 0 aliphatic rings. The average Bonchev–Trinajstić information content (AvgIpc) is 2.11. The highest BCUT2D eigenvalue weighted by Crippen LogP contribution is 2.14. The molecule has 0 spiro atoms. The predicted molar refractivity (Wildman–Crippen MR) is 43.0 cm³/mol. The molecular weight excluding hydrogens is 178 g/mol. The van der Waals surface area contributed by atoms with Crippen molar-refractivity contribution in [1.29, 1.82) is 0 Å². The molecule has 13 heavy (non-hydrogen) atoms. The van der Waals surface area contributed by atoms with Crippen molar-refractivity contribution < 1.29 is 18.7 Å². The smallest absolute Gasteiger partial charge is 0.184 e. The molecule has 0 saturated carbocycles. The summed E-state index contributed by atoms with van der Waals surface area (Å²) in [6.07, 6.45) is 0.837. The molecule has 1 aromatic carbocycles. The van der Waals surface area contributed by atoms with Gasteiger partial charge in [-0.25, -0.2) is 8.78 Å². The van der Waals surface area contributed by atoms with Gasteiger partial charge < -0.3 is 5.11 Å². The minimum atomic E-state index is -0.826. The Kier molecular flexibility index (Phi) is 2.74. The first kappa shape index (κ1) is 9.38. The molecule has 1 aromatic rings. The summed E-state index contributed by atoms with van der Waals surface area (Å²) < 4.78 is 25.7. The topological polar surface area (TPSA) is 37.3 Å². The highest BCUT2D eigenvalue weighted by Gasteiger charge is 2.05. The van der Waals surface area contributed by atoms with E-state index in [-0.39, 0.29) is 6.29 Å². The molecule has 4 heteroatoms. The van der Waals surface area contributed by atoms with Gasteiger partial charge in [0.2, 0.25) is 0 Å².